The summed E-state index contributed by atoms with van der Waals surface area (Å²) in [6, 6.07) is 0. The number of carbonyl (C=O) groups is 1. The molecule has 46 valence electrons. The molecule has 3 N–H and O–H groups in total. The molecular formula is C3H9MgO4+. The summed E-state index contributed by atoms with van der Waals surface area (Å²) in [5.74, 6) is 0. The van der Waals surface area contributed by atoms with Crippen molar-refractivity contribution in [2.75, 3.05) is 7.11 Å². The van der Waals surface area contributed by atoms with Crippen molar-refractivity contribution in [2.24, 2.45) is 0 Å². The molecule has 0 atom stereocenters. The van der Waals surface area contributed by atoms with Crippen molar-refractivity contribution in [2.45, 2.75) is 0 Å². The van der Waals surface area contributed by atoms with Crippen LogP contribution in [0.3, 0.4) is 0 Å². The first kappa shape index (κ1) is 24.5. The molecule has 8 heavy (non-hydrogen) atoms. The van der Waals surface area contributed by atoms with Gasteiger partial charge in [0.05, 0.1) is 0 Å². The average Bonchev–Trinajstić information content (AvgIpc) is 1.41. The molecule has 5 heteroatoms. The fourth-order valence-electron chi connectivity index (χ4n) is 0. The minimum Gasteiger partial charge on any atom is -0.450 e. The van der Waals surface area contributed by atoms with E-state index in [2.05, 4.69) is 0 Å². The number of aliphatic hydroxyl groups is 1. The van der Waals surface area contributed by atoms with Gasteiger partial charge in [-0.2, -0.15) is 0 Å². The molecule has 0 bridgehead atoms. The van der Waals surface area contributed by atoms with Crippen molar-refractivity contribution in [3.63, 3.8) is 0 Å². The molecule has 4 nitrogen and oxygen atoms in total. The average molecular weight is 133 g/mol. The first-order chi connectivity index (χ1) is 2.73. The van der Waals surface area contributed by atoms with E-state index >= 15 is 0 Å². The predicted molar refractivity (Wildman–Crippen MR) is 31.0 cm³/mol. The van der Waals surface area contributed by atoms with E-state index < -0.39 is 6.16 Å². The molecule has 0 aliphatic carbocycles. The van der Waals surface area contributed by atoms with Crippen molar-refractivity contribution in [3.8, 4) is 0 Å². The summed E-state index contributed by atoms with van der Waals surface area (Å²) in [6.45, 7) is 0. The molecule has 0 fully saturated rings. The van der Waals surface area contributed by atoms with Gasteiger partial charge in [0.15, 0.2) is 0 Å². The van der Waals surface area contributed by atoms with Gasteiger partial charge in [-0.15, -0.1) is 0 Å². The van der Waals surface area contributed by atoms with Crippen LogP contribution in [-0.4, -0.2) is 51.6 Å². The second-order valence-electron chi connectivity index (χ2n) is 0.283. The third-order valence-corrected chi connectivity index (χ3v) is 0. The maximum atomic E-state index is 8.56. The van der Waals surface area contributed by atoms with Gasteiger partial charge < -0.3 is 22.7 Å². The van der Waals surface area contributed by atoms with E-state index in [1.807, 2.05) is 0 Å². The Morgan fingerprint density at radius 3 is 1.25 bits per heavy atom. The van der Waals surface area contributed by atoms with Gasteiger partial charge in [-0.25, -0.2) is 4.79 Å². The van der Waals surface area contributed by atoms with Gasteiger partial charge in [-0.3, -0.25) is 0 Å². The monoisotopic (exact) mass is 133 g/mol. The van der Waals surface area contributed by atoms with Crippen LogP contribution in [0.4, 0.5) is 4.79 Å². The molecule has 0 amide bonds. The van der Waals surface area contributed by atoms with E-state index in [9.17, 15) is 0 Å². The van der Waals surface area contributed by atoms with Gasteiger partial charge in [0.2, 0.25) is 0 Å². The Morgan fingerprint density at radius 1 is 1.25 bits per heavy atom. The summed E-state index contributed by atoms with van der Waals surface area (Å²) in [5, 5.41) is 20.9. The number of rotatable bonds is 0. The number of hydrogen-bond donors (Lipinski definition) is 3. The van der Waals surface area contributed by atoms with E-state index in [4.69, 9.17) is 20.1 Å². The van der Waals surface area contributed by atoms with Crippen molar-refractivity contribution < 1.29 is 20.1 Å². The molecule has 0 saturated heterocycles. The quantitative estimate of drug-likeness (QED) is 0.319. The van der Waals surface area contributed by atoms with Gasteiger partial charge in [-0.1, -0.05) is 0 Å². The van der Waals surface area contributed by atoms with E-state index in [-0.39, 0.29) is 30.5 Å². The Morgan fingerprint density at radius 2 is 1.25 bits per heavy atom. The van der Waals surface area contributed by atoms with Crippen molar-refractivity contribution in [1.29, 1.82) is 0 Å². The van der Waals surface area contributed by atoms with Crippen molar-refractivity contribution >= 4 is 29.2 Å². The van der Waals surface area contributed by atoms with Gasteiger partial charge in [0, 0.05) is 7.11 Å². The summed E-state index contributed by atoms with van der Waals surface area (Å²) < 4.78 is 0. The second kappa shape index (κ2) is 28.0. The van der Waals surface area contributed by atoms with Crippen molar-refractivity contribution in [3.05, 3.63) is 7.43 Å². The van der Waals surface area contributed by atoms with Crippen LogP contribution < -0.4 is 0 Å². The molecule has 0 aliphatic heterocycles. The van der Waals surface area contributed by atoms with E-state index in [0.29, 0.717) is 0 Å². The summed E-state index contributed by atoms with van der Waals surface area (Å²) in [7, 11) is 1.00. The fraction of sp³-hybridized carbons (Fsp3) is 0.333. The zero-order valence-corrected chi connectivity index (χ0v) is 6.37. The van der Waals surface area contributed by atoms with Crippen LogP contribution in [0.2, 0.25) is 0 Å². The Kier molecular flexibility index (Phi) is 85.8. The molecule has 0 unspecified atom stereocenters. The third kappa shape index (κ3) is 10600000. The van der Waals surface area contributed by atoms with E-state index in [1.54, 1.807) is 0 Å². The maximum Gasteiger partial charge on any atom is 2.00 e. The minimum absolute atomic E-state index is 0. The van der Waals surface area contributed by atoms with Crippen molar-refractivity contribution in [1.82, 2.24) is 0 Å². The summed E-state index contributed by atoms with van der Waals surface area (Å²) in [5.41, 5.74) is 0. The maximum absolute atomic E-state index is 8.56. The molecule has 0 saturated carbocycles. The Balaban J connectivity index is -0.0000000183. The van der Waals surface area contributed by atoms with E-state index in [0.717, 1.165) is 7.11 Å². The molecule has 0 aromatic heterocycles. The minimum atomic E-state index is -1.83. The Labute approximate surface area is 64.3 Å². The topological polar surface area (TPSA) is 77.8 Å². The number of aliphatic hydroxyl groups excluding tert-OH is 1. The molecule has 0 radical (unpaired) electrons. The first-order valence-electron chi connectivity index (χ1n) is 1.10. The smallest absolute Gasteiger partial charge is 0.450 e. The molecular weight excluding hydrogens is 124 g/mol. The largest absolute Gasteiger partial charge is 2.00 e. The van der Waals surface area contributed by atoms with Crippen LogP contribution in [0.5, 0.6) is 0 Å². The van der Waals surface area contributed by atoms with Crippen LogP contribution in [0.25, 0.3) is 0 Å². The van der Waals surface area contributed by atoms with Gasteiger partial charge in [0.25, 0.3) is 0 Å². The predicted octanol–water partition coefficient (Wildman–Crippen LogP) is -0.0996. The van der Waals surface area contributed by atoms with E-state index in [1.165, 1.54) is 0 Å². The third-order valence-electron chi connectivity index (χ3n) is 0. The molecule has 0 aliphatic rings. The Bertz CT molecular complexity index is 34.3. The summed E-state index contributed by atoms with van der Waals surface area (Å²) in [6.07, 6.45) is -1.83. The zero-order valence-electron chi connectivity index (χ0n) is 4.96. The normalized spacial score (nSPS) is 3.75. The van der Waals surface area contributed by atoms with Gasteiger partial charge >= 0.3 is 29.2 Å². The summed E-state index contributed by atoms with van der Waals surface area (Å²) >= 11 is 0. The second-order valence-corrected chi connectivity index (χ2v) is 0.283. The molecule has 0 aromatic carbocycles. The molecule has 0 spiro atoms. The molecule has 0 aromatic rings. The van der Waals surface area contributed by atoms with Crippen LogP contribution >= 0.6 is 0 Å². The fourth-order valence-corrected chi connectivity index (χ4v) is 0. The van der Waals surface area contributed by atoms with Crippen LogP contribution in [0, 0.1) is 7.43 Å². The Hall–Kier alpha value is -0.00377. The number of carboxylic acid groups (broad SMARTS) is 2. The van der Waals surface area contributed by atoms with Gasteiger partial charge in [0.1, 0.15) is 0 Å². The standard InChI is InChI=1S/CH2O3.CH4O.CH3.Mg/c2-1(3)4;1-2;;/h(H2,2,3,4);2H,1H3;1H3;/q;;-1;+2. The van der Waals surface area contributed by atoms with Crippen LogP contribution in [0.15, 0.2) is 0 Å². The molecule has 0 rings (SSSR count). The summed E-state index contributed by atoms with van der Waals surface area (Å²) in [4.78, 5) is 8.56. The molecule has 0 heterocycles. The number of hydrogen-bond acceptors (Lipinski definition) is 2. The van der Waals surface area contributed by atoms with Crippen LogP contribution in [0.1, 0.15) is 0 Å². The SMILES string of the molecule is CO.O=C(O)O.[CH3-].[Mg+2]. The van der Waals surface area contributed by atoms with Gasteiger partial charge in [-0.05, 0) is 0 Å². The first-order valence-corrected chi connectivity index (χ1v) is 1.10. The van der Waals surface area contributed by atoms with Crippen LogP contribution in [-0.2, 0) is 0 Å². The zero-order chi connectivity index (χ0) is 5.58.